The topological polar surface area (TPSA) is 34.9 Å². The number of carbonyl (C=O) groups is 1. The van der Waals surface area contributed by atoms with Crippen LogP contribution in [0.2, 0.25) is 0 Å². The van der Waals surface area contributed by atoms with Crippen molar-refractivity contribution >= 4 is 5.91 Å². The Balaban J connectivity index is 1.92. The van der Waals surface area contributed by atoms with E-state index in [1.54, 1.807) is 12.4 Å². The van der Waals surface area contributed by atoms with E-state index in [1.165, 1.54) is 23.0 Å². The lowest BCUT2D eigenvalue weighted by Gasteiger charge is -2.23. The molecule has 3 nitrogen and oxygen atoms in total. The number of nitrogens with zero attached hydrogens (tertiary/aromatic N) is 2. The minimum absolute atomic E-state index is 0.0417. The average molecular weight is 324 g/mol. The number of carbonyl (C=O) groups excluding carboxylic acids is 1. The molecule has 23 heavy (non-hydrogen) atoms. The third-order valence-corrected chi connectivity index (χ3v) is 3.79. The number of alkyl halides is 3. The first-order chi connectivity index (χ1) is 10.7. The first kappa shape index (κ1) is 17.2. The fourth-order valence-electron chi connectivity index (χ4n) is 2.34. The maximum absolute atomic E-state index is 12.5. The molecule has 0 unspecified atom stereocenters. The van der Waals surface area contributed by atoms with Crippen LogP contribution in [0.5, 0.6) is 0 Å². The zero-order valence-corrected chi connectivity index (χ0v) is 13.1. The third-order valence-electron chi connectivity index (χ3n) is 3.79. The number of imidazole rings is 1. The number of benzene rings is 1. The molecule has 0 radical (unpaired) electrons. The van der Waals surface area contributed by atoms with Gasteiger partial charge in [-0.15, -0.1) is 0 Å². The van der Waals surface area contributed by atoms with Crippen LogP contribution in [-0.4, -0.2) is 15.5 Å². The minimum Gasteiger partial charge on any atom is -0.276 e. The highest BCUT2D eigenvalue weighted by atomic mass is 19.4. The molecule has 0 atom stereocenters. The summed E-state index contributed by atoms with van der Waals surface area (Å²) in [5.41, 5.74) is -0.0544. The smallest absolute Gasteiger partial charge is 0.276 e. The Morgan fingerprint density at radius 1 is 1.17 bits per heavy atom. The van der Waals surface area contributed by atoms with Crippen molar-refractivity contribution in [2.24, 2.45) is 5.41 Å². The summed E-state index contributed by atoms with van der Waals surface area (Å²) in [6.45, 7) is 3.96. The van der Waals surface area contributed by atoms with Crippen molar-refractivity contribution < 1.29 is 18.0 Å². The lowest BCUT2D eigenvalue weighted by molar-refractivity contribution is -0.137. The van der Waals surface area contributed by atoms with Crippen molar-refractivity contribution in [2.45, 2.75) is 39.3 Å². The van der Waals surface area contributed by atoms with E-state index in [-0.39, 0.29) is 11.3 Å². The van der Waals surface area contributed by atoms with Crippen molar-refractivity contribution in [3.05, 3.63) is 54.1 Å². The molecular formula is C17H19F3N2O. The molecule has 0 spiro atoms. The van der Waals surface area contributed by atoms with Gasteiger partial charge in [-0.3, -0.25) is 9.36 Å². The SMILES string of the molecule is CC(C)(CCc1ccc(C(F)(F)F)cc1)CC(=O)n1ccnc1. The van der Waals surface area contributed by atoms with Crippen LogP contribution >= 0.6 is 0 Å². The van der Waals surface area contributed by atoms with E-state index in [2.05, 4.69) is 4.98 Å². The van der Waals surface area contributed by atoms with Gasteiger partial charge in [0.2, 0.25) is 5.91 Å². The van der Waals surface area contributed by atoms with Crippen molar-refractivity contribution in [3.63, 3.8) is 0 Å². The maximum atomic E-state index is 12.5. The molecular weight excluding hydrogens is 305 g/mol. The zero-order chi connectivity index (χ0) is 17.1. The summed E-state index contributed by atoms with van der Waals surface area (Å²) in [6, 6.07) is 5.19. The maximum Gasteiger partial charge on any atom is 0.416 e. The number of halogens is 3. The molecule has 0 aliphatic rings. The van der Waals surface area contributed by atoms with Crippen LogP contribution in [0.4, 0.5) is 13.2 Å². The van der Waals surface area contributed by atoms with Crippen molar-refractivity contribution in [1.29, 1.82) is 0 Å². The van der Waals surface area contributed by atoms with E-state index < -0.39 is 11.7 Å². The monoisotopic (exact) mass is 324 g/mol. The predicted octanol–water partition coefficient (Wildman–Crippen LogP) is 4.59. The number of hydrogen-bond donors (Lipinski definition) is 0. The summed E-state index contributed by atoms with van der Waals surface area (Å²) < 4.78 is 39.0. The average Bonchev–Trinajstić information content (AvgIpc) is 2.99. The van der Waals surface area contributed by atoms with Crippen LogP contribution in [0, 0.1) is 5.41 Å². The van der Waals surface area contributed by atoms with Crippen LogP contribution in [0.15, 0.2) is 43.0 Å². The van der Waals surface area contributed by atoms with E-state index in [0.29, 0.717) is 19.3 Å². The Morgan fingerprint density at radius 3 is 2.35 bits per heavy atom. The Morgan fingerprint density at radius 2 is 1.83 bits per heavy atom. The summed E-state index contributed by atoms with van der Waals surface area (Å²) in [4.78, 5) is 15.9. The Bertz CT molecular complexity index is 643. The van der Waals surface area contributed by atoms with Crippen molar-refractivity contribution in [2.75, 3.05) is 0 Å². The number of hydrogen-bond acceptors (Lipinski definition) is 2. The molecule has 0 amide bonds. The third kappa shape index (κ3) is 4.94. The second-order valence-electron chi connectivity index (χ2n) is 6.40. The summed E-state index contributed by atoms with van der Waals surface area (Å²) in [6.07, 6.45) is 2.00. The Hall–Kier alpha value is -2.11. The summed E-state index contributed by atoms with van der Waals surface area (Å²) in [5, 5.41) is 0. The van der Waals surface area contributed by atoms with Gasteiger partial charge in [-0.1, -0.05) is 26.0 Å². The number of aromatic nitrogens is 2. The van der Waals surface area contributed by atoms with Crippen LogP contribution in [0.25, 0.3) is 0 Å². The van der Waals surface area contributed by atoms with Gasteiger partial charge in [0.1, 0.15) is 6.33 Å². The quantitative estimate of drug-likeness (QED) is 0.806. The van der Waals surface area contributed by atoms with E-state index in [4.69, 9.17) is 0 Å². The molecule has 0 saturated carbocycles. The van der Waals surface area contributed by atoms with Crippen molar-refractivity contribution in [1.82, 2.24) is 9.55 Å². The first-order valence-electron chi connectivity index (χ1n) is 7.35. The van der Waals surface area contributed by atoms with Gasteiger partial charge < -0.3 is 0 Å². The summed E-state index contributed by atoms with van der Waals surface area (Å²) in [7, 11) is 0. The fourth-order valence-corrected chi connectivity index (χ4v) is 2.34. The molecule has 0 saturated heterocycles. The van der Waals surface area contributed by atoms with Gasteiger partial charge in [0.25, 0.3) is 0 Å². The van der Waals surface area contributed by atoms with E-state index >= 15 is 0 Å². The molecule has 0 bridgehead atoms. The van der Waals surface area contributed by atoms with Gasteiger partial charge in [-0.05, 0) is 36.0 Å². The standard InChI is InChI=1S/C17H19F3N2O/c1-16(2,11-15(23)22-10-9-21-12-22)8-7-13-3-5-14(6-4-13)17(18,19)20/h3-6,9-10,12H,7-8,11H2,1-2H3. The highest BCUT2D eigenvalue weighted by Gasteiger charge is 2.30. The van der Waals surface area contributed by atoms with Crippen LogP contribution < -0.4 is 0 Å². The van der Waals surface area contributed by atoms with Gasteiger partial charge in [-0.25, -0.2) is 4.98 Å². The zero-order valence-electron chi connectivity index (χ0n) is 13.1. The van der Waals surface area contributed by atoms with Crippen LogP contribution in [-0.2, 0) is 12.6 Å². The van der Waals surface area contributed by atoms with Gasteiger partial charge in [-0.2, -0.15) is 13.2 Å². The van der Waals surface area contributed by atoms with Crippen LogP contribution in [0.1, 0.15) is 42.6 Å². The van der Waals surface area contributed by atoms with E-state index in [9.17, 15) is 18.0 Å². The minimum atomic E-state index is -4.31. The fraction of sp³-hybridized carbons (Fsp3) is 0.412. The Labute approximate surface area is 133 Å². The van der Waals surface area contributed by atoms with Gasteiger partial charge in [0.15, 0.2) is 0 Å². The summed E-state index contributed by atoms with van der Waals surface area (Å²) >= 11 is 0. The molecule has 0 N–H and O–H groups in total. The van der Waals surface area contributed by atoms with Gasteiger partial charge in [0.05, 0.1) is 5.56 Å². The molecule has 0 aliphatic heterocycles. The molecule has 0 fully saturated rings. The van der Waals surface area contributed by atoms with Crippen molar-refractivity contribution in [3.8, 4) is 0 Å². The second kappa shape index (κ2) is 6.56. The number of aryl methyl sites for hydroxylation is 1. The Kier molecular flexibility index (Phi) is 4.92. The molecule has 2 aromatic rings. The van der Waals surface area contributed by atoms with Gasteiger partial charge >= 0.3 is 6.18 Å². The van der Waals surface area contributed by atoms with E-state index in [0.717, 1.165) is 17.7 Å². The molecule has 1 aromatic heterocycles. The highest BCUT2D eigenvalue weighted by molar-refractivity contribution is 5.79. The van der Waals surface area contributed by atoms with Gasteiger partial charge in [0, 0.05) is 18.8 Å². The lowest BCUT2D eigenvalue weighted by Crippen LogP contribution is -2.21. The molecule has 1 aromatic carbocycles. The summed E-state index contributed by atoms with van der Waals surface area (Å²) in [5.74, 6) is -0.0417. The molecule has 1 heterocycles. The molecule has 124 valence electrons. The molecule has 6 heteroatoms. The lowest BCUT2D eigenvalue weighted by atomic mass is 9.83. The highest BCUT2D eigenvalue weighted by Crippen LogP contribution is 2.31. The second-order valence-corrected chi connectivity index (χ2v) is 6.40. The number of rotatable bonds is 5. The predicted molar refractivity (Wildman–Crippen MR) is 81.0 cm³/mol. The molecule has 2 rings (SSSR count). The largest absolute Gasteiger partial charge is 0.416 e. The van der Waals surface area contributed by atoms with Crippen LogP contribution in [0.3, 0.4) is 0 Å². The molecule has 0 aliphatic carbocycles. The first-order valence-corrected chi connectivity index (χ1v) is 7.35. The van der Waals surface area contributed by atoms with E-state index in [1.807, 2.05) is 13.8 Å². The normalized spacial score (nSPS) is 12.4.